The molecule has 2 amide bonds. The van der Waals surface area contributed by atoms with E-state index in [-0.39, 0.29) is 26.1 Å². The van der Waals surface area contributed by atoms with Crippen LogP contribution in [0.4, 0.5) is 4.79 Å². The highest BCUT2D eigenvalue weighted by Gasteiger charge is 2.33. The van der Waals surface area contributed by atoms with E-state index in [4.69, 9.17) is 9.47 Å². The van der Waals surface area contributed by atoms with Gasteiger partial charge in [-0.1, -0.05) is 108 Å². The summed E-state index contributed by atoms with van der Waals surface area (Å²) >= 11 is 0. The van der Waals surface area contributed by atoms with Crippen LogP contribution in [0.2, 0.25) is 0 Å². The smallest absolute Gasteiger partial charge is 0.430 e. The summed E-state index contributed by atoms with van der Waals surface area (Å²) in [5.74, 6) is -1.14. The highest BCUT2D eigenvalue weighted by atomic mass is 16.8. The summed E-state index contributed by atoms with van der Waals surface area (Å²) in [5, 5.41) is 9.79. The molecule has 1 saturated heterocycles. The zero-order chi connectivity index (χ0) is 24.9. The molecule has 1 heterocycles. The van der Waals surface area contributed by atoms with Crippen molar-refractivity contribution in [3.05, 3.63) is 0 Å². The lowest BCUT2D eigenvalue weighted by Crippen LogP contribution is -2.34. The number of hydrogen-bond donors (Lipinski definition) is 1. The van der Waals surface area contributed by atoms with E-state index in [1.807, 2.05) is 0 Å². The molecule has 8 nitrogen and oxygen atoms in total. The molecule has 1 fully saturated rings. The van der Waals surface area contributed by atoms with Gasteiger partial charge in [0.25, 0.3) is 11.8 Å². The Bertz CT molecular complexity index is 539. The normalized spacial score (nSPS) is 14.6. The van der Waals surface area contributed by atoms with Crippen molar-refractivity contribution in [2.45, 2.75) is 129 Å². The van der Waals surface area contributed by atoms with Crippen molar-refractivity contribution in [1.82, 2.24) is 5.06 Å². The number of aliphatic hydroxyl groups excluding tert-OH is 1. The first-order valence-electron chi connectivity index (χ1n) is 13.5. The minimum Gasteiger partial charge on any atom is -0.430 e. The van der Waals surface area contributed by atoms with Gasteiger partial charge in [0.15, 0.2) is 0 Å². The molecule has 0 bridgehead atoms. The summed E-state index contributed by atoms with van der Waals surface area (Å²) in [7, 11) is 0. The monoisotopic (exact) mass is 485 g/mol. The molecule has 0 aromatic carbocycles. The van der Waals surface area contributed by atoms with E-state index in [2.05, 4.69) is 11.8 Å². The molecule has 0 spiro atoms. The fraction of sp³-hybridized carbons (Fsp3) is 0.885. The first-order valence-corrected chi connectivity index (χ1v) is 13.5. The second kappa shape index (κ2) is 20.7. The third-order valence-corrected chi connectivity index (χ3v) is 6.11. The lowest BCUT2D eigenvalue weighted by Gasteiger charge is -2.17. The Hall–Kier alpha value is -1.67. The van der Waals surface area contributed by atoms with Gasteiger partial charge in [0.05, 0.1) is 6.61 Å². The lowest BCUT2D eigenvalue weighted by molar-refractivity contribution is -0.178. The fourth-order valence-electron chi connectivity index (χ4n) is 3.97. The fourth-order valence-corrected chi connectivity index (χ4v) is 3.97. The van der Waals surface area contributed by atoms with Crippen LogP contribution < -0.4 is 0 Å². The maximum Gasteiger partial charge on any atom is 0.534 e. The maximum atomic E-state index is 11.6. The molecular weight excluding hydrogens is 438 g/mol. The quantitative estimate of drug-likeness (QED) is 0.117. The van der Waals surface area contributed by atoms with E-state index in [1.54, 1.807) is 0 Å². The number of nitrogens with zero attached hydrogens (tertiary/aromatic N) is 1. The van der Waals surface area contributed by atoms with Gasteiger partial charge >= 0.3 is 6.16 Å². The van der Waals surface area contributed by atoms with E-state index in [1.165, 1.54) is 89.9 Å². The van der Waals surface area contributed by atoms with Crippen LogP contribution in [0.3, 0.4) is 0 Å². The molecule has 0 aliphatic carbocycles. The minimum atomic E-state index is -1.16. The summed E-state index contributed by atoms with van der Waals surface area (Å²) in [4.78, 5) is 39.0. The number of ether oxygens (including phenoxy) is 2. The minimum absolute atomic E-state index is 0.0216. The van der Waals surface area contributed by atoms with Crippen LogP contribution in [-0.4, -0.2) is 54.1 Å². The van der Waals surface area contributed by atoms with Crippen molar-refractivity contribution in [3.8, 4) is 0 Å². The molecule has 1 rings (SSSR count). The van der Waals surface area contributed by atoms with E-state index >= 15 is 0 Å². The van der Waals surface area contributed by atoms with E-state index in [0.29, 0.717) is 11.7 Å². The predicted octanol–water partition coefficient (Wildman–Crippen LogP) is 5.84. The largest absolute Gasteiger partial charge is 0.534 e. The predicted molar refractivity (Wildman–Crippen MR) is 130 cm³/mol. The van der Waals surface area contributed by atoms with E-state index in [0.717, 1.165) is 12.8 Å². The third-order valence-electron chi connectivity index (χ3n) is 6.11. The average Bonchev–Trinajstić information content (AvgIpc) is 3.15. The van der Waals surface area contributed by atoms with Crippen molar-refractivity contribution in [2.24, 2.45) is 0 Å². The number of amides is 2. The Kier molecular flexibility index (Phi) is 18.5. The van der Waals surface area contributed by atoms with Crippen LogP contribution in [0.5, 0.6) is 0 Å². The zero-order valence-electron chi connectivity index (χ0n) is 21.3. The van der Waals surface area contributed by atoms with Crippen molar-refractivity contribution in [2.75, 3.05) is 19.8 Å². The van der Waals surface area contributed by atoms with Crippen molar-refractivity contribution >= 4 is 18.0 Å². The number of hydrogen-bond acceptors (Lipinski definition) is 7. The first-order chi connectivity index (χ1) is 16.6. The van der Waals surface area contributed by atoms with Crippen LogP contribution in [0.25, 0.3) is 0 Å². The van der Waals surface area contributed by atoms with Crippen LogP contribution >= 0.6 is 0 Å². The van der Waals surface area contributed by atoms with Gasteiger partial charge in [-0.3, -0.25) is 14.4 Å². The van der Waals surface area contributed by atoms with Crippen LogP contribution in [0, 0.1) is 0 Å². The second-order valence-corrected chi connectivity index (χ2v) is 9.21. The van der Waals surface area contributed by atoms with Crippen LogP contribution in [0.15, 0.2) is 0 Å². The molecule has 1 aliphatic rings. The Labute approximate surface area is 205 Å². The molecule has 8 heteroatoms. The van der Waals surface area contributed by atoms with Gasteiger partial charge in [-0.15, -0.1) is 0 Å². The molecule has 198 valence electrons. The summed E-state index contributed by atoms with van der Waals surface area (Å²) in [6.07, 6.45) is 19.0. The summed E-state index contributed by atoms with van der Waals surface area (Å²) in [6, 6.07) is 0. The number of carbonyl (C=O) groups excluding carboxylic acids is 3. The Morgan fingerprint density at radius 3 is 1.68 bits per heavy atom. The number of aliphatic hydroxyl groups is 1. The molecule has 1 N–H and O–H groups in total. The topological polar surface area (TPSA) is 102 Å². The van der Waals surface area contributed by atoms with E-state index < -0.39 is 24.1 Å². The van der Waals surface area contributed by atoms with Gasteiger partial charge in [0.1, 0.15) is 12.7 Å². The van der Waals surface area contributed by atoms with Gasteiger partial charge in [-0.2, -0.15) is 0 Å². The van der Waals surface area contributed by atoms with Gasteiger partial charge in [-0.05, 0) is 6.42 Å². The van der Waals surface area contributed by atoms with Gasteiger partial charge in [0.2, 0.25) is 0 Å². The van der Waals surface area contributed by atoms with Gasteiger partial charge < -0.3 is 14.6 Å². The third kappa shape index (κ3) is 15.3. The van der Waals surface area contributed by atoms with Crippen LogP contribution in [-0.2, 0) is 23.9 Å². The van der Waals surface area contributed by atoms with Crippen LogP contribution in [0.1, 0.15) is 122 Å². The molecule has 0 aromatic rings. The van der Waals surface area contributed by atoms with E-state index in [9.17, 15) is 19.5 Å². The molecule has 0 radical (unpaired) electrons. The lowest BCUT2D eigenvalue weighted by atomic mass is 10.0. The molecule has 1 atom stereocenters. The SMILES string of the molecule is CCCCCCCCCCCCCCCCCCO[C@H](CO)COC(=O)ON1C(=O)CCC1=O. The number of hydroxylamine groups is 2. The maximum absolute atomic E-state index is 11.6. The van der Waals surface area contributed by atoms with Gasteiger partial charge in [-0.25, -0.2) is 4.79 Å². The number of imide groups is 1. The number of unbranched alkanes of at least 4 members (excludes halogenated alkanes) is 15. The first kappa shape index (κ1) is 30.4. The van der Waals surface area contributed by atoms with Crippen molar-refractivity contribution < 1.29 is 33.8 Å². The van der Waals surface area contributed by atoms with Crippen molar-refractivity contribution in [3.63, 3.8) is 0 Å². The molecule has 1 aliphatic heterocycles. The zero-order valence-corrected chi connectivity index (χ0v) is 21.3. The highest BCUT2D eigenvalue weighted by molar-refractivity contribution is 6.01. The van der Waals surface area contributed by atoms with Gasteiger partial charge in [0, 0.05) is 19.4 Å². The Balaban J connectivity index is 1.87. The molecule has 0 aromatic heterocycles. The molecular formula is C26H47NO7. The number of carbonyl (C=O) groups is 3. The summed E-state index contributed by atoms with van der Waals surface area (Å²) < 4.78 is 10.4. The second-order valence-electron chi connectivity index (χ2n) is 9.21. The molecule has 0 unspecified atom stereocenters. The molecule has 34 heavy (non-hydrogen) atoms. The Morgan fingerprint density at radius 2 is 1.24 bits per heavy atom. The number of rotatable bonds is 22. The highest BCUT2D eigenvalue weighted by Crippen LogP contribution is 2.14. The average molecular weight is 486 g/mol. The molecule has 0 saturated carbocycles. The van der Waals surface area contributed by atoms with Crippen molar-refractivity contribution in [1.29, 1.82) is 0 Å². The standard InChI is InChI=1S/C26H47NO7/c1-2-3-4-5-6-7-8-9-10-11-12-13-14-15-16-17-20-32-23(21-28)22-33-26(31)34-27-24(29)18-19-25(27)30/h23,28H,2-22H2,1H3/t23-/m1/s1. The Morgan fingerprint density at radius 1 is 0.794 bits per heavy atom. The summed E-state index contributed by atoms with van der Waals surface area (Å²) in [5.41, 5.74) is 0. The summed E-state index contributed by atoms with van der Waals surface area (Å²) in [6.45, 7) is 2.24.